The highest BCUT2D eigenvalue weighted by Gasteiger charge is 2.30. The molecule has 0 bridgehead atoms. The Hall–Kier alpha value is -1.72. The molecule has 0 saturated carbocycles. The average Bonchev–Trinajstić information content (AvgIpc) is 3.15. The fourth-order valence-corrected chi connectivity index (χ4v) is 4.77. The van der Waals surface area contributed by atoms with Crippen LogP contribution in [0.15, 0.2) is 36.8 Å². The topological polar surface area (TPSA) is 84.5 Å². The fourth-order valence-electron chi connectivity index (χ4n) is 3.31. The molecule has 1 aliphatic rings. The number of nitrogens with two attached hydrogens (primary N) is 1. The van der Waals surface area contributed by atoms with Crippen LogP contribution >= 0.6 is 12.2 Å². The molecule has 28 heavy (non-hydrogen) atoms. The Morgan fingerprint density at radius 2 is 1.89 bits per heavy atom. The molecule has 1 aliphatic heterocycles. The van der Waals surface area contributed by atoms with Crippen LogP contribution in [0.25, 0.3) is 0 Å². The predicted molar refractivity (Wildman–Crippen MR) is 110 cm³/mol. The summed E-state index contributed by atoms with van der Waals surface area (Å²) in [5, 5.41) is 0. The monoisotopic (exact) mass is 425 g/mol. The zero-order valence-electron chi connectivity index (χ0n) is 15.7. The maximum Gasteiger partial charge on any atom is 0.250 e. The van der Waals surface area contributed by atoms with Gasteiger partial charge in [0.15, 0.2) is 0 Å². The van der Waals surface area contributed by atoms with E-state index in [1.54, 1.807) is 18.5 Å². The van der Waals surface area contributed by atoms with Crippen LogP contribution in [0, 0.1) is 5.82 Å². The Labute approximate surface area is 170 Å². The van der Waals surface area contributed by atoms with Crippen LogP contribution in [-0.2, 0) is 16.6 Å². The number of hydrogen-bond donors (Lipinski definition) is 1. The first kappa shape index (κ1) is 21.0. The van der Waals surface area contributed by atoms with Gasteiger partial charge in [0, 0.05) is 45.5 Å². The number of sulfonamides is 1. The third-order valence-electron chi connectivity index (χ3n) is 5.03. The molecule has 2 N–H and O–H groups in total. The van der Waals surface area contributed by atoms with Crippen LogP contribution in [0.1, 0.15) is 24.2 Å². The van der Waals surface area contributed by atoms with Gasteiger partial charge in [0.1, 0.15) is 10.0 Å². The number of imidazole rings is 1. The van der Waals surface area contributed by atoms with E-state index >= 15 is 0 Å². The minimum absolute atomic E-state index is 0.0155. The van der Waals surface area contributed by atoms with Crippen LogP contribution in [0.2, 0.25) is 0 Å². The van der Waals surface area contributed by atoms with E-state index in [9.17, 15) is 12.8 Å². The Morgan fingerprint density at radius 3 is 2.50 bits per heavy atom. The lowest BCUT2D eigenvalue weighted by Crippen LogP contribution is -2.50. The molecule has 0 aliphatic carbocycles. The summed E-state index contributed by atoms with van der Waals surface area (Å²) in [6.45, 7) is 4.51. The molecule has 1 unspecified atom stereocenters. The predicted octanol–water partition coefficient (Wildman–Crippen LogP) is 1.36. The molecule has 152 valence electrons. The SMILES string of the molecule is CC(c1ccc(F)cc1)n1cncc1CN1CCN(S(=O)(=O)C(=S)CN)CC1. The molecule has 2 heterocycles. The Balaban J connectivity index is 1.65. The highest BCUT2D eigenvalue weighted by atomic mass is 32.2. The van der Waals surface area contributed by atoms with Crippen molar-refractivity contribution < 1.29 is 12.8 Å². The van der Waals surface area contributed by atoms with Gasteiger partial charge in [0.2, 0.25) is 0 Å². The van der Waals surface area contributed by atoms with Gasteiger partial charge < -0.3 is 10.3 Å². The van der Waals surface area contributed by atoms with E-state index in [4.69, 9.17) is 18.0 Å². The molecule has 1 aromatic carbocycles. The maximum absolute atomic E-state index is 13.2. The Bertz CT molecular complexity index is 922. The van der Waals surface area contributed by atoms with Crippen LogP contribution in [0.3, 0.4) is 0 Å². The summed E-state index contributed by atoms with van der Waals surface area (Å²) in [6, 6.07) is 6.46. The minimum Gasteiger partial charge on any atom is -0.326 e. The van der Waals surface area contributed by atoms with E-state index in [1.807, 2.05) is 13.1 Å². The van der Waals surface area contributed by atoms with Gasteiger partial charge in [-0.05, 0) is 24.6 Å². The van der Waals surface area contributed by atoms with Gasteiger partial charge in [-0.2, -0.15) is 4.31 Å². The number of halogens is 1. The van der Waals surface area contributed by atoms with Crippen molar-refractivity contribution in [3.8, 4) is 0 Å². The standard InChI is InChI=1S/C18H24FN5O2S2/c1-14(15-2-4-16(19)5-3-15)24-13-21-11-17(24)12-22-6-8-23(9-7-22)28(25,26)18(27)10-20/h2-5,11,13-14H,6-10,12,20H2,1H3. The summed E-state index contributed by atoms with van der Waals surface area (Å²) in [6.07, 6.45) is 3.58. The summed E-state index contributed by atoms with van der Waals surface area (Å²) < 4.78 is 41.1. The highest BCUT2D eigenvalue weighted by molar-refractivity contribution is 8.16. The van der Waals surface area contributed by atoms with Gasteiger partial charge in [-0.25, -0.2) is 17.8 Å². The molecular formula is C18H24FN5O2S2. The third-order valence-corrected chi connectivity index (χ3v) is 7.61. The van der Waals surface area contributed by atoms with Crippen LogP contribution in [0.4, 0.5) is 4.39 Å². The lowest BCUT2D eigenvalue weighted by atomic mass is 10.1. The molecule has 3 rings (SSSR count). The van der Waals surface area contributed by atoms with E-state index < -0.39 is 10.0 Å². The quantitative estimate of drug-likeness (QED) is 0.704. The lowest BCUT2D eigenvalue weighted by Gasteiger charge is -2.34. The molecule has 0 radical (unpaired) electrons. The third kappa shape index (κ3) is 4.47. The number of aromatic nitrogens is 2. The summed E-state index contributed by atoms with van der Waals surface area (Å²) in [4.78, 5) is 6.45. The first-order valence-corrected chi connectivity index (χ1v) is 10.9. The minimum atomic E-state index is -3.59. The second kappa shape index (κ2) is 8.75. The van der Waals surface area contributed by atoms with E-state index in [0.29, 0.717) is 32.7 Å². The molecule has 0 spiro atoms. The van der Waals surface area contributed by atoms with Crippen LogP contribution < -0.4 is 5.73 Å². The molecule has 7 nitrogen and oxygen atoms in total. The van der Waals surface area contributed by atoms with E-state index in [0.717, 1.165) is 11.3 Å². The van der Waals surface area contributed by atoms with Crippen molar-refractivity contribution in [2.75, 3.05) is 32.7 Å². The van der Waals surface area contributed by atoms with Gasteiger partial charge in [-0.15, -0.1) is 0 Å². The molecule has 10 heteroatoms. The normalized spacial score (nSPS) is 17.5. The molecule has 1 aromatic heterocycles. The number of benzene rings is 1. The number of hydrogen-bond acceptors (Lipinski definition) is 6. The van der Waals surface area contributed by atoms with Crippen molar-refractivity contribution >= 4 is 26.4 Å². The smallest absolute Gasteiger partial charge is 0.250 e. The van der Waals surface area contributed by atoms with Crippen molar-refractivity contribution in [2.45, 2.75) is 19.5 Å². The number of rotatable bonds is 6. The van der Waals surface area contributed by atoms with Crippen LogP contribution in [0.5, 0.6) is 0 Å². The molecule has 1 atom stereocenters. The van der Waals surface area contributed by atoms with Gasteiger partial charge in [-0.1, -0.05) is 24.4 Å². The Kier molecular flexibility index (Phi) is 6.56. The van der Waals surface area contributed by atoms with E-state index in [2.05, 4.69) is 14.5 Å². The summed E-state index contributed by atoms with van der Waals surface area (Å²) in [5.41, 5.74) is 7.41. The van der Waals surface area contributed by atoms with Gasteiger partial charge >= 0.3 is 0 Å². The van der Waals surface area contributed by atoms with Gasteiger partial charge in [0.25, 0.3) is 10.0 Å². The first-order chi connectivity index (χ1) is 13.3. The first-order valence-electron chi connectivity index (χ1n) is 9.04. The summed E-state index contributed by atoms with van der Waals surface area (Å²) in [7, 11) is -3.59. The zero-order chi connectivity index (χ0) is 20.3. The second-order valence-electron chi connectivity index (χ2n) is 6.78. The van der Waals surface area contributed by atoms with E-state index in [-0.39, 0.29) is 22.6 Å². The number of nitrogens with zero attached hydrogens (tertiary/aromatic N) is 4. The Morgan fingerprint density at radius 1 is 1.25 bits per heavy atom. The highest BCUT2D eigenvalue weighted by Crippen LogP contribution is 2.21. The van der Waals surface area contributed by atoms with E-state index in [1.165, 1.54) is 16.4 Å². The molecule has 1 fully saturated rings. The lowest BCUT2D eigenvalue weighted by molar-refractivity contribution is 0.179. The average molecular weight is 426 g/mol. The van der Waals surface area contributed by atoms with Gasteiger partial charge in [0.05, 0.1) is 18.1 Å². The largest absolute Gasteiger partial charge is 0.326 e. The van der Waals surface area contributed by atoms with Crippen molar-refractivity contribution in [2.24, 2.45) is 5.73 Å². The second-order valence-corrected chi connectivity index (χ2v) is 9.49. The van der Waals surface area contributed by atoms with Crippen molar-refractivity contribution in [3.63, 3.8) is 0 Å². The van der Waals surface area contributed by atoms with Crippen molar-refractivity contribution in [1.82, 2.24) is 18.8 Å². The van der Waals surface area contributed by atoms with Crippen molar-refractivity contribution in [1.29, 1.82) is 0 Å². The molecule has 2 aromatic rings. The fraction of sp³-hybridized carbons (Fsp3) is 0.444. The maximum atomic E-state index is 13.2. The summed E-state index contributed by atoms with van der Waals surface area (Å²) in [5.74, 6) is -0.260. The number of piperazine rings is 1. The summed E-state index contributed by atoms with van der Waals surface area (Å²) >= 11 is 4.89. The van der Waals surface area contributed by atoms with Crippen molar-refractivity contribution in [3.05, 3.63) is 53.9 Å². The molecule has 0 amide bonds. The number of thiocarbonyl (C=S) groups is 1. The van der Waals surface area contributed by atoms with Crippen LogP contribution in [-0.4, -0.2) is 64.1 Å². The molecule has 1 saturated heterocycles. The zero-order valence-corrected chi connectivity index (χ0v) is 17.3. The van der Waals surface area contributed by atoms with Gasteiger partial charge in [-0.3, -0.25) is 4.90 Å². The molecular weight excluding hydrogens is 401 g/mol.